The molecular weight excluding hydrogens is 318 g/mol. The first-order chi connectivity index (χ1) is 12.1. The van der Waals surface area contributed by atoms with Crippen LogP contribution in [-0.2, 0) is 11.3 Å². The van der Waals surface area contributed by atoms with Gasteiger partial charge in [-0.15, -0.1) is 6.58 Å². The summed E-state index contributed by atoms with van der Waals surface area (Å²) in [6, 6.07) is 5.75. The molecule has 0 spiro atoms. The van der Waals surface area contributed by atoms with Gasteiger partial charge in [-0.2, -0.15) is 0 Å². The number of hydrogen-bond acceptors (Lipinski definition) is 5. The summed E-state index contributed by atoms with van der Waals surface area (Å²) in [5.74, 6) is 1.77. The van der Waals surface area contributed by atoms with Crippen molar-refractivity contribution in [1.29, 1.82) is 0 Å². The topological polar surface area (TPSA) is 54.0 Å². The Labute approximate surface area is 150 Å². The van der Waals surface area contributed by atoms with Crippen molar-refractivity contribution >= 4 is 5.91 Å². The summed E-state index contributed by atoms with van der Waals surface area (Å²) in [5, 5.41) is 2.87. The van der Waals surface area contributed by atoms with Crippen molar-refractivity contribution < 1.29 is 14.3 Å². The van der Waals surface area contributed by atoms with Crippen molar-refractivity contribution in [2.45, 2.75) is 19.5 Å². The molecule has 0 aliphatic carbocycles. The Morgan fingerprint density at radius 2 is 2.00 bits per heavy atom. The first-order valence-corrected chi connectivity index (χ1v) is 8.65. The Morgan fingerprint density at radius 1 is 1.28 bits per heavy atom. The Hall–Kier alpha value is -2.05. The smallest absolute Gasteiger partial charge is 0.237 e. The number of benzene rings is 1. The Morgan fingerprint density at radius 3 is 2.60 bits per heavy atom. The molecule has 138 valence electrons. The molecule has 1 aliphatic rings. The summed E-state index contributed by atoms with van der Waals surface area (Å²) in [6.07, 6.45) is 1.70. The minimum Gasteiger partial charge on any atom is -0.497 e. The van der Waals surface area contributed by atoms with E-state index in [2.05, 4.69) is 21.7 Å². The molecule has 0 radical (unpaired) electrons. The van der Waals surface area contributed by atoms with Crippen molar-refractivity contribution in [1.82, 2.24) is 15.1 Å². The van der Waals surface area contributed by atoms with Crippen molar-refractivity contribution in [3.8, 4) is 11.5 Å². The number of nitrogens with zero attached hydrogens (tertiary/aromatic N) is 2. The van der Waals surface area contributed by atoms with Crippen molar-refractivity contribution in [2.24, 2.45) is 0 Å². The van der Waals surface area contributed by atoms with Crippen LogP contribution < -0.4 is 14.8 Å². The predicted molar refractivity (Wildman–Crippen MR) is 99.1 cm³/mol. The van der Waals surface area contributed by atoms with Gasteiger partial charge in [0.25, 0.3) is 0 Å². The summed E-state index contributed by atoms with van der Waals surface area (Å²) in [5.41, 5.74) is 1.12. The van der Waals surface area contributed by atoms with Gasteiger partial charge in [0.05, 0.1) is 20.3 Å². The number of piperazine rings is 1. The van der Waals surface area contributed by atoms with Crippen LogP contribution in [0, 0.1) is 0 Å². The van der Waals surface area contributed by atoms with E-state index in [9.17, 15) is 4.79 Å². The van der Waals surface area contributed by atoms with Gasteiger partial charge in [-0.1, -0.05) is 6.08 Å². The van der Waals surface area contributed by atoms with Crippen LogP contribution in [0.2, 0.25) is 0 Å². The number of carbonyl (C=O) groups is 1. The van der Waals surface area contributed by atoms with Crippen molar-refractivity contribution in [3.05, 3.63) is 36.4 Å². The van der Waals surface area contributed by atoms with Gasteiger partial charge in [-0.3, -0.25) is 14.6 Å². The number of carbonyl (C=O) groups excluding carboxylic acids is 1. The molecule has 6 nitrogen and oxygen atoms in total. The second kappa shape index (κ2) is 9.44. The minimum absolute atomic E-state index is 0.0582. The molecule has 0 bridgehead atoms. The molecule has 6 heteroatoms. The zero-order valence-electron chi connectivity index (χ0n) is 15.5. The molecule has 25 heavy (non-hydrogen) atoms. The van der Waals surface area contributed by atoms with Crippen LogP contribution in [0.15, 0.2) is 30.9 Å². The third-order valence-corrected chi connectivity index (χ3v) is 4.64. The van der Waals surface area contributed by atoms with E-state index < -0.39 is 0 Å². The second-order valence-electron chi connectivity index (χ2n) is 6.20. The van der Waals surface area contributed by atoms with Gasteiger partial charge in [0.1, 0.15) is 11.5 Å². The molecular formula is C19H29N3O3. The lowest BCUT2D eigenvalue weighted by atomic mass is 10.1. The third kappa shape index (κ3) is 5.21. The van der Waals surface area contributed by atoms with Gasteiger partial charge in [-0.05, 0) is 25.1 Å². The zero-order chi connectivity index (χ0) is 18.2. The fraction of sp³-hybridized carbons (Fsp3) is 0.526. The molecule has 2 rings (SSSR count). The van der Waals surface area contributed by atoms with E-state index in [0.717, 1.165) is 49.8 Å². The summed E-state index contributed by atoms with van der Waals surface area (Å²) >= 11 is 0. The minimum atomic E-state index is -0.117. The summed E-state index contributed by atoms with van der Waals surface area (Å²) in [4.78, 5) is 16.7. The fourth-order valence-electron chi connectivity index (χ4n) is 3.04. The highest BCUT2D eigenvalue weighted by atomic mass is 16.5. The summed E-state index contributed by atoms with van der Waals surface area (Å²) in [7, 11) is 3.36. The first-order valence-electron chi connectivity index (χ1n) is 8.65. The van der Waals surface area contributed by atoms with E-state index >= 15 is 0 Å². The van der Waals surface area contributed by atoms with E-state index in [0.29, 0.717) is 6.54 Å². The van der Waals surface area contributed by atoms with Crippen LogP contribution >= 0.6 is 0 Å². The van der Waals surface area contributed by atoms with Crippen LogP contribution in [-0.4, -0.2) is 68.7 Å². The average molecular weight is 347 g/mol. The number of ether oxygens (including phenoxy) is 2. The maximum absolute atomic E-state index is 12.1. The molecule has 1 atom stereocenters. The fourth-order valence-corrected chi connectivity index (χ4v) is 3.04. The lowest BCUT2D eigenvalue weighted by Crippen LogP contribution is -2.53. The Balaban J connectivity index is 1.90. The molecule has 1 unspecified atom stereocenters. The van der Waals surface area contributed by atoms with Crippen LogP contribution in [0.4, 0.5) is 0 Å². The number of methoxy groups -OCH3 is 2. The molecule has 1 aromatic rings. The van der Waals surface area contributed by atoms with Crippen LogP contribution in [0.5, 0.6) is 11.5 Å². The van der Waals surface area contributed by atoms with Crippen molar-refractivity contribution in [3.63, 3.8) is 0 Å². The van der Waals surface area contributed by atoms with E-state index in [1.54, 1.807) is 20.3 Å². The average Bonchev–Trinajstić information content (AvgIpc) is 2.66. The van der Waals surface area contributed by atoms with Gasteiger partial charge in [-0.25, -0.2) is 0 Å². The van der Waals surface area contributed by atoms with Crippen LogP contribution in [0.3, 0.4) is 0 Å². The van der Waals surface area contributed by atoms with E-state index in [1.165, 1.54) is 0 Å². The normalized spacial score (nSPS) is 16.9. The lowest BCUT2D eigenvalue weighted by Gasteiger charge is -2.37. The highest BCUT2D eigenvalue weighted by molar-refractivity contribution is 5.81. The maximum Gasteiger partial charge on any atom is 0.237 e. The highest BCUT2D eigenvalue weighted by Gasteiger charge is 2.25. The van der Waals surface area contributed by atoms with E-state index in [-0.39, 0.29) is 11.9 Å². The number of nitrogens with one attached hydrogen (secondary N) is 1. The number of hydrogen-bond donors (Lipinski definition) is 1. The monoisotopic (exact) mass is 347 g/mol. The molecule has 1 aliphatic heterocycles. The van der Waals surface area contributed by atoms with Crippen molar-refractivity contribution in [2.75, 3.05) is 46.9 Å². The largest absolute Gasteiger partial charge is 0.497 e. The zero-order valence-corrected chi connectivity index (χ0v) is 15.5. The van der Waals surface area contributed by atoms with Gasteiger partial charge in [0, 0.05) is 44.8 Å². The second-order valence-corrected chi connectivity index (χ2v) is 6.20. The molecule has 0 saturated carbocycles. The first kappa shape index (κ1) is 19.3. The molecule has 1 N–H and O–H groups in total. The van der Waals surface area contributed by atoms with Crippen LogP contribution in [0.25, 0.3) is 0 Å². The maximum atomic E-state index is 12.1. The SMILES string of the molecule is C=CCNC(=O)C(C)N1CCN(Cc2cc(OC)ccc2OC)CC1. The van der Waals surface area contributed by atoms with E-state index in [1.807, 2.05) is 25.1 Å². The third-order valence-electron chi connectivity index (χ3n) is 4.64. The lowest BCUT2D eigenvalue weighted by molar-refractivity contribution is -0.126. The quantitative estimate of drug-likeness (QED) is 0.723. The Kier molecular flexibility index (Phi) is 7.28. The molecule has 0 aromatic heterocycles. The molecule has 1 saturated heterocycles. The standard InChI is InChI=1S/C19H29N3O3/c1-5-8-20-19(23)15(2)22-11-9-21(10-12-22)14-16-13-17(24-3)6-7-18(16)25-4/h5-7,13,15H,1,8-12,14H2,2-4H3,(H,20,23). The van der Waals surface area contributed by atoms with E-state index in [4.69, 9.17) is 9.47 Å². The Bertz CT molecular complexity index is 583. The van der Waals surface area contributed by atoms with Gasteiger partial charge >= 0.3 is 0 Å². The number of rotatable bonds is 8. The molecule has 1 aromatic carbocycles. The highest BCUT2D eigenvalue weighted by Crippen LogP contribution is 2.25. The summed E-state index contributed by atoms with van der Waals surface area (Å²) < 4.78 is 10.8. The van der Waals surface area contributed by atoms with Gasteiger partial charge in [0.15, 0.2) is 0 Å². The predicted octanol–water partition coefficient (Wildman–Crippen LogP) is 1.51. The number of amides is 1. The summed E-state index contributed by atoms with van der Waals surface area (Å²) in [6.45, 7) is 10.5. The van der Waals surface area contributed by atoms with Crippen LogP contribution in [0.1, 0.15) is 12.5 Å². The molecule has 1 fully saturated rings. The van der Waals surface area contributed by atoms with Gasteiger partial charge < -0.3 is 14.8 Å². The van der Waals surface area contributed by atoms with Gasteiger partial charge in [0.2, 0.25) is 5.91 Å². The molecule has 1 heterocycles. The molecule has 1 amide bonds.